The number of likely N-dealkylation sites (N-methyl/N-ethyl adjacent to an activating group) is 1. The number of ether oxygens (including phenoxy) is 1. The van der Waals surface area contributed by atoms with Gasteiger partial charge in [-0.3, -0.25) is 4.79 Å². The van der Waals surface area contributed by atoms with Gasteiger partial charge in [-0.05, 0) is 31.5 Å². The van der Waals surface area contributed by atoms with Gasteiger partial charge in [0, 0.05) is 5.56 Å². The summed E-state index contributed by atoms with van der Waals surface area (Å²) in [7, 11) is 3.64. The maximum absolute atomic E-state index is 12.5. The molecule has 0 spiro atoms. The molecule has 0 aliphatic carbocycles. The topological polar surface area (TPSA) is 42.8 Å². The number of hydrogen-bond acceptors (Lipinski definition) is 2. The lowest BCUT2D eigenvalue weighted by molar-refractivity contribution is -0.907. The summed E-state index contributed by atoms with van der Waals surface area (Å²) < 4.78 is 5.28. The highest BCUT2D eigenvalue weighted by atomic mass is 16.5. The van der Waals surface area contributed by atoms with E-state index in [0.29, 0.717) is 11.4 Å². The van der Waals surface area contributed by atoms with Crippen LogP contribution in [0.5, 0.6) is 5.75 Å². The fourth-order valence-electron chi connectivity index (χ4n) is 2.47. The smallest absolute Gasteiger partial charge is 0.282 e. The predicted molar refractivity (Wildman–Crippen MR) is 92.9 cm³/mol. The molecule has 1 unspecified atom stereocenters. The van der Waals surface area contributed by atoms with Crippen LogP contribution in [0.15, 0.2) is 48.5 Å². The van der Waals surface area contributed by atoms with Gasteiger partial charge in [-0.2, -0.15) is 0 Å². The zero-order chi connectivity index (χ0) is 16.8. The lowest BCUT2D eigenvalue weighted by Gasteiger charge is -2.22. The van der Waals surface area contributed by atoms with Gasteiger partial charge in [0.2, 0.25) is 0 Å². The summed E-state index contributed by atoms with van der Waals surface area (Å²) in [5.74, 6) is 0.658. The molecule has 0 bridgehead atoms. The van der Waals surface area contributed by atoms with Crippen LogP contribution in [-0.2, 0) is 11.3 Å². The number of methoxy groups -OCH3 is 1. The van der Waals surface area contributed by atoms with Crippen LogP contribution in [0.4, 0.5) is 5.69 Å². The van der Waals surface area contributed by atoms with Crippen LogP contribution < -0.4 is 15.0 Å². The number of benzene rings is 2. The molecule has 0 radical (unpaired) electrons. The lowest BCUT2D eigenvalue weighted by Crippen LogP contribution is -3.12. The first-order valence-electron chi connectivity index (χ1n) is 7.83. The van der Waals surface area contributed by atoms with Crippen molar-refractivity contribution in [2.24, 2.45) is 0 Å². The van der Waals surface area contributed by atoms with Gasteiger partial charge < -0.3 is 15.0 Å². The highest BCUT2D eigenvalue weighted by Crippen LogP contribution is 2.22. The van der Waals surface area contributed by atoms with Crippen molar-refractivity contribution in [1.82, 2.24) is 0 Å². The summed E-state index contributed by atoms with van der Waals surface area (Å²) >= 11 is 0. The van der Waals surface area contributed by atoms with Crippen LogP contribution in [0, 0.1) is 6.92 Å². The third kappa shape index (κ3) is 4.33. The summed E-state index contributed by atoms with van der Waals surface area (Å²) in [5.41, 5.74) is 3.22. The van der Waals surface area contributed by atoms with E-state index in [1.165, 1.54) is 11.1 Å². The van der Waals surface area contributed by atoms with E-state index in [0.717, 1.165) is 11.4 Å². The summed E-state index contributed by atoms with van der Waals surface area (Å²) in [4.78, 5) is 13.7. The Bertz CT molecular complexity index is 670. The van der Waals surface area contributed by atoms with E-state index in [9.17, 15) is 4.79 Å². The van der Waals surface area contributed by atoms with Gasteiger partial charge in [0.05, 0.1) is 19.8 Å². The van der Waals surface area contributed by atoms with Gasteiger partial charge in [-0.25, -0.2) is 0 Å². The number of carbonyl (C=O) groups is 1. The average Bonchev–Trinajstić information content (AvgIpc) is 2.56. The molecule has 2 aromatic rings. The number of anilines is 1. The minimum Gasteiger partial charge on any atom is -0.495 e. The van der Waals surface area contributed by atoms with Crippen molar-refractivity contribution in [2.75, 3.05) is 19.5 Å². The molecule has 0 aliphatic rings. The number of hydrogen-bond donors (Lipinski definition) is 2. The maximum atomic E-state index is 12.5. The number of amides is 1. The molecule has 0 saturated heterocycles. The molecule has 2 atom stereocenters. The van der Waals surface area contributed by atoms with Gasteiger partial charge in [-0.1, -0.05) is 36.4 Å². The number of rotatable bonds is 6. The third-order valence-electron chi connectivity index (χ3n) is 4.23. The highest BCUT2D eigenvalue weighted by molar-refractivity contribution is 5.94. The largest absolute Gasteiger partial charge is 0.495 e. The monoisotopic (exact) mass is 313 g/mol. The van der Waals surface area contributed by atoms with Crippen LogP contribution in [0.3, 0.4) is 0 Å². The molecule has 23 heavy (non-hydrogen) atoms. The fraction of sp³-hybridized carbons (Fsp3) is 0.316. The maximum Gasteiger partial charge on any atom is 0.282 e. The summed E-state index contributed by atoms with van der Waals surface area (Å²) in [5, 5.41) is 2.96. The van der Waals surface area contributed by atoms with Crippen LogP contribution in [0.1, 0.15) is 18.1 Å². The molecule has 0 aliphatic heterocycles. The first kappa shape index (κ1) is 17.0. The second-order valence-corrected chi connectivity index (χ2v) is 5.86. The Balaban J connectivity index is 2.03. The van der Waals surface area contributed by atoms with Gasteiger partial charge in [-0.15, -0.1) is 0 Å². The number of nitrogens with one attached hydrogen (secondary N) is 2. The molecule has 4 nitrogen and oxygen atoms in total. The highest BCUT2D eigenvalue weighted by Gasteiger charge is 2.23. The molecule has 122 valence electrons. The molecule has 0 saturated carbocycles. The quantitative estimate of drug-likeness (QED) is 0.857. The Morgan fingerprint density at radius 3 is 2.52 bits per heavy atom. The van der Waals surface area contributed by atoms with Gasteiger partial charge in [0.25, 0.3) is 5.91 Å². The number of aryl methyl sites for hydroxylation is 1. The van der Waals surface area contributed by atoms with E-state index in [4.69, 9.17) is 4.74 Å². The second kappa shape index (κ2) is 7.79. The van der Waals surface area contributed by atoms with Crippen LogP contribution in [-0.4, -0.2) is 26.1 Å². The Kier molecular flexibility index (Phi) is 5.77. The van der Waals surface area contributed by atoms with Crippen molar-refractivity contribution in [1.29, 1.82) is 0 Å². The van der Waals surface area contributed by atoms with E-state index < -0.39 is 0 Å². The molecule has 4 heteroatoms. The molecule has 0 heterocycles. The number of carbonyl (C=O) groups excluding carboxylic acids is 1. The molecule has 0 aromatic heterocycles. The minimum absolute atomic E-state index is 0.0133. The van der Waals surface area contributed by atoms with Crippen LogP contribution >= 0.6 is 0 Å². The minimum atomic E-state index is -0.167. The van der Waals surface area contributed by atoms with Gasteiger partial charge >= 0.3 is 0 Å². The molecule has 2 rings (SSSR count). The molecule has 2 aromatic carbocycles. The zero-order valence-corrected chi connectivity index (χ0v) is 14.2. The fourth-order valence-corrected chi connectivity index (χ4v) is 2.47. The first-order valence-corrected chi connectivity index (χ1v) is 7.83. The van der Waals surface area contributed by atoms with Gasteiger partial charge in [0.15, 0.2) is 6.04 Å². The molecule has 2 N–H and O–H groups in total. The average molecular weight is 313 g/mol. The second-order valence-electron chi connectivity index (χ2n) is 5.86. The molecule has 1 amide bonds. The van der Waals surface area contributed by atoms with E-state index in [-0.39, 0.29) is 11.9 Å². The number of para-hydroxylation sites is 2. The zero-order valence-electron chi connectivity index (χ0n) is 14.2. The predicted octanol–water partition coefficient (Wildman–Crippen LogP) is 2.05. The van der Waals surface area contributed by atoms with Crippen molar-refractivity contribution >= 4 is 11.6 Å². The molecular formula is C19H25N2O2+. The van der Waals surface area contributed by atoms with E-state index in [2.05, 4.69) is 24.4 Å². The van der Waals surface area contributed by atoms with Crippen LogP contribution in [0.2, 0.25) is 0 Å². The van der Waals surface area contributed by atoms with Gasteiger partial charge in [0.1, 0.15) is 12.3 Å². The molecule has 0 fully saturated rings. The Morgan fingerprint density at radius 1 is 1.17 bits per heavy atom. The van der Waals surface area contributed by atoms with Crippen molar-refractivity contribution < 1.29 is 14.4 Å². The van der Waals surface area contributed by atoms with Crippen LogP contribution in [0.25, 0.3) is 0 Å². The Morgan fingerprint density at radius 2 is 1.83 bits per heavy atom. The number of quaternary nitrogens is 1. The van der Waals surface area contributed by atoms with E-state index >= 15 is 0 Å². The summed E-state index contributed by atoms with van der Waals surface area (Å²) in [6.45, 7) is 4.85. The Hall–Kier alpha value is -2.33. The van der Waals surface area contributed by atoms with Crippen molar-refractivity contribution in [3.8, 4) is 5.75 Å². The normalized spacial score (nSPS) is 13.2. The van der Waals surface area contributed by atoms with Crippen molar-refractivity contribution in [3.63, 3.8) is 0 Å². The first-order chi connectivity index (χ1) is 11.0. The van der Waals surface area contributed by atoms with E-state index in [1.807, 2.05) is 50.4 Å². The Labute approximate surface area is 138 Å². The molecular weight excluding hydrogens is 288 g/mol. The third-order valence-corrected chi connectivity index (χ3v) is 4.23. The SMILES string of the molecule is COc1ccccc1NC(=O)[C@H](C)[NH+](C)Cc1ccccc1C. The van der Waals surface area contributed by atoms with E-state index in [1.54, 1.807) is 7.11 Å². The van der Waals surface area contributed by atoms with Crippen molar-refractivity contribution in [3.05, 3.63) is 59.7 Å². The summed E-state index contributed by atoms with van der Waals surface area (Å²) in [6, 6.07) is 15.6. The lowest BCUT2D eigenvalue weighted by atomic mass is 10.1. The standard InChI is InChI=1S/C19H24N2O2/c1-14-9-5-6-10-16(14)13-21(3)15(2)19(22)20-17-11-7-8-12-18(17)23-4/h5-12,15H,13H2,1-4H3,(H,20,22)/p+1/t15-/m0/s1. The van der Waals surface area contributed by atoms with Crippen molar-refractivity contribution in [2.45, 2.75) is 26.4 Å². The summed E-state index contributed by atoms with van der Waals surface area (Å²) in [6.07, 6.45) is 0.